The number of benzene rings is 1. The van der Waals surface area contributed by atoms with Gasteiger partial charge in [0.15, 0.2) is 17.1 Å². The maximum absolute atomic E-state index is 13.6. The van der Waals surface area contributed by atoms with E-state index in [1.807, 2.05) is 6.92 Å². The zero-order chi connectivity index (χ0) is 23.0. The largest absolute Gasteiger partial charge is 0.455 e. The summed E-state index contributed by atoms with van der Waals surface area (Å²) in [6, 6.07) is 4.30. The number of rotatable bonds is 2. The Morgan fingerprint density at radius 2 is 1.85 bits per heavy atom. The molecule has 1 aromatic rings. The first-order valence-corrected chi connectivity index (χ1v) is 12.5. The van der Waals surface area contributed by atoms with Crippen molar-refractivity contribution in [3.8, 4) is 11.5 Å². The minimum Gasteiger partial charge on any atom is -0.455 e. The van der Waals surface area contributed by atoms with Crippen LogP contribution in [-0.4, -0.2) is 53.6 Å². The topological polar surface area (TPSA) is 57.2 Å². The number of fused-ring (bicyclic) bond motifs is 3. The van der Waals surface area contributed by atoms with Gasteiger partial charge >= 0.3 is 5.97 Å². The lowest BCUT2D eigenvalue weighted by Gasteiger charge is -2.43. The summed E-state index contributed by atoms with van der Waals surface area (Å²) in [4.78, 5) is 16.2. The number of hydrogen-bond acceptors (Lipinski definition) is 6. The summed E-state index contributed by atoms with van der Waals surface area (Å²) >= 11 is 0. The number of carbonyl (C=O) groups is 1. The van der Waals surface area contributed by atoms with Crippen LogP contribution in [0.15, 0.2) is 23.8 Å². The third kappa shape index (κ3) is 3.24. The summed E-state index contributed by atoms with van der Waals surface area (Å²) in [6.07, 6.45) is 7.92. The number of nitrogens with zero attached hydrogens (tertiary/aromatic N) is 1. The molecular weight excluding hydrogens is 418 g/mol. The van der Waals surface area contributed by atoms with Crippen LogP contribution >= 0.6 is 0 Å². The van der Waals surface area contributed by atoms with Crippen LogP contribution in [0.3, 0.4) is 0 Å². The fourth-order valence-corrected chi connectivity index (χ4v) is 7.15. The molecule has 0 aromatic heterocycles. The van der Waals surface area contributed by atoms with Crippen molar-refractivity contribution in [2.45, 2.75) is 95.0 Å². The molecule has 1 spiro atoms. The first kappa shape index (κ1) is 21.5. The molecule has 1 aromatic carbocycles. The van der Waals surface area contributed by atoms with Crippen molar-refractivity contribution in [2.75, 3.05) is 19.9 Å². The van der Waals surface area contributed by atoms with E-state index in [0.29, 0.717) is 6.42 Å². The zero-order valence-corrected chi connectivity index (χ0v) is 20.2. The van der Waals surface area contributed by atoms with E-state index in [1.165, 1.54) is 11.1 Å². The van der Waals surface area contributed by atoms with E-state index >= 15 is 0 Å². The monoisotopic (exact) mass is 453 g/mol. The average Bonchev–Trinajstić information content (AvgIpc) is 3.41. The van der Waals surface area contributed by atoms with E-state index in [9.17, 15) is 4.79 Å². The van der Waals surface area contributed by atoms with Gasteiger partial charge in [-0.1, -0.05) is 6.08 Å². The lowest BCUT2D eigenvalue weighted by molar-refractivity contribution is -0.206. The molecule has 0 N–H and O–H groups in total. The van der Waals surface area contributed by atoms with Crippen molar-refractivity contribution in [1.82, 2.24) is 4.90 Å². The van der Waals surface area contributed by atoms with E-state index in [1.54, 1.807) is 0 Å². The molecule has 0 amide bonds. The fourth-order valence-electron chi connectivity index (χ4n) is 7.15. The quantitative estimate of drug-likeness (QED) is 0.486. The lowest BCUT2D eigenvalue weighted by atomic mass is 9.77. The molecule has 3 unspecified atom stereocenters. The Kier molecular flexibility index (Phi) is 4.70. The van der Waals surface area contributed by atoms with Gasteiger partial charge in [-0.3, -0.25) is 4.90 Å². The van der Waals surface area contributed by atoms with E-state index in [0.717, 1.165) is 62.3 Å². The molecule has 2 fully saturated rings. The average molecular weight is 454 g/mol. The molecule has 1 aliphatic carbocycles. The third-order valence-electron chi connectivity index (χ3n) is 8.58. The van der Waals surface area contributed by atoms with Gasteiger partial charge in [0.05, 0.1) is 11.1 Å². The highest BCUT2D eigenvalue weighted by molar-refractivity contribution is 5.80. The van der Waals surface area contributed by atoms with Gasteiger partial charge in [0.25, 0.3) is 0 Å². The highest BCUT2D eigenvalue weighted by atomic mass is 16.7. The van der Waals surface area contributed by atoms with Crippen LogP contribution in [0.25, 0.3) is 0 Å². The molecule has 2 saturated heterocycles. The second-order valence-corrected chi connectivity index (χ2v) is 11.4. The van der Waals surface area contributed by atoms with Crippen LogP contribution in [-0.2, 0) is 20.7 Å². The zero-order valence-electron chi connectivity index (χ0n) is 20.2. The van der Waals surface area contributed by atoms with Crippen LogP contribution in [0.1, 0.15) is 76.8 Å². The van der Waals surface area contributed by atoms with Crippen LogP contribution in [0, 0.1) is 0 Å². The Hall–Kier alpha value is -2.05. The number of esters is 1. The minimum absolute atomic E-state index is 0.0520. The Morgan fingerprint density at radius 3 is 2.64 bits per heavy atom. The molecule has 4 aliphatic heterocycles. The predicted molar refractivity (Wildman–Crippen MR) is 124 cm³/mol. The van der Waals surface area contributed by atoms with Crippen LogP contribution < -0.4 is 9.47 Å². The normalized spacial score (nSPS) is 36.4. The smallest absolute Gasteiger partial charge is 0.338 e. The molecule has 4 heterocycles. The summed E-state index contributed by atoms with van der Waals surface area (Å²) < 4.78 is 24.2. The van der Waals surface area contributed by atoms with Crippen LogP contribution in [0.2, 0.25) is 0 Å². The Labute approximate surface area is 196 Å². The molecule has 6 rings (SSSR count). The molecule has 6 heteroatoms. The number of carbonyl (C=O) groups excluding carboxylic acids is 1. The highest BCUT2D eigenvalue weighted by Crippen LogP contribution is 2.55. The van der Waals surface area contributed by atoms with Crippen molar-refractivity contribution in [1.29, 1.82) is 0 Å². The fraction of sp³-hybridized carbons (Fsp3) is 0.667. The van der Waals surface area contributed by atoms with Crippen molar-refractivity contribution in [3.05, 3.63) is 34.9 Å². The van der Waals surface area contributed by atoms with Gasteiger partial charge in [-0.25, -0.2) is 4.79 Å². The van der Waals surface area contributed by atoms with Crippen LogP contribution in [0.4, 0.5) is 0 Å². The molecule has 0 bridgehead atoms. The molecule has 33 heavy (non-hydrogen) atoms. The summed E-state index contributed by atoms with van der Waals surface area (Å²) in [5.41, 5.74) is 2.33. The third-order valence-corrected chi connectivity index (χ3v) is 8.58. The molecule has 4 atom stereocenters. The second kappa shape index (κ2) is 7.22. The Bertz CT molecular complexity index is 1030. The molecule has 5 aliphatic rings. The van der Waals surface area contributed by atoms with Crippen molar-refractivity contribution < 1.29 is 23.7 Å². The minimum atomic E-state index is -0.907. The molecule has 178 valence electrons. The molecule has 6 nitrogen and oxygen atoms in total. The summed E-state index contributed by atoms with van der Waals surface area (Å²) in [5.74, 6) is 1.44. The van der Waals surface area contributed by atoms with Gasteiger partial charge in [0.2, 0.25) is 6.79 Å². The molecule has 0 saturated carbocycles. The second-order valence-electron chi connectivity index (χ2n) is 11.4. The van der Waals surface area contributed by atoms with Gasteiger partial charge in [-0.2, -0.15) is 0 Å². The summed E-state index contributed by atoms with van der Waals surface area (Å²) in [6.45, 7) is 10.5. The standard InChI is InChI=1S/C27H35NO5/c1-17-15-27-10-6-11-28(27)12-7-18-13-20-21(31-16-30-20)14-19(18)22(27)23(17)32-24(29)26(4)9-5-8-25(2,3)33-26/h13-15,22-23H,5-12,16H2,1-4H3/t22-,23?,26?,27?/m1/s1. The SMILES string of the molecule is CC1=CC23CCCN2CCc2cc4c(cc2[C@@H]3C1OC(=O)C1(C)CCCC(C)(C)O1)OCO4. The predicted octanol–water partition coefficient (Wildman–Crippen LogP) is 4.50. The molecule has 0 radical (unpaired) electrons. The van der Waals surface area contributed by atoms with E-state index in [2.05, 4.69) is 43.9 Å². The Balaban J connectivity index is 1.39. The van der Waals surface area contributed by atoms with Crippen LogP contribution in [0.5, 0.6) is 11.5 Å². The van der Waals surface area contributed by atoms with Gasteiger partial charge in [-0.15, -0.1) is 0 Å². The van der Waals surface area contributed by atoms with Gasteiger partial charge in [0, 0.05) is 12.5 Å². The maximum atomic E-state index is 13.6. The first-order valence-electron chi connectivity index (χ1n) is 12.5. The van der Waals surface area contributed by atoms with E-state index in [4.69, 9.17) is 18.9 Å². The summed E-state index contributed by atoms with van der Waals surface area (Å²) in [5, 5.41) is 0. The number of hydrogen-bond donors (Lipinski definition) is 0. The van der Waals surface area contributed by atoms with Crippen molar-refractivity contribution >= 4 is 5.97 Å². The van der Waals surface area contributed by atoms with Gasteiger partial charge < -0.3 is 18.9 Å². The summed E-state index contributed by atoms with van der Waals surface area (Å²) in [7, 11) is 0. The number of ether oxygens (including phenoxy) is 4. The maximum Gasteiger partial charge on any atom is 0.338 e. The van der Waals surface area contributed by atoms with Crippen molar-refractivity contribution in [3.63, 3.8) is 0 Å². The lowest BCUT2D eigenvalue weighted by Crippen LogP contribution is -2.52. The van der Waals surface area contributed by atoms with E-state index < -0.39 is 5.60 Å². The van der Waals surface area contributed by atoms with Crippen molar-refractivity contribution in [2.24, 2.45) is 0 Å². The highest BCUT2D eigenvalue weighted by Gasteiger charge is 2.57. The Morgan fingerprint density at radius 1 is 1.06 bits per heavy atom. The van der Waals surface area contributed by atoms with E-state index in [-0.39, 0.29) is 35.9 Å². The van der Waals surface area contributed by atoms with Gasteiger partial charge in [0.1, 0.15) is 6.10 Å². The molecular formula is C27H35NO5. The van der Waals surface area contributed by atoms with Gasteiger partial charge in [-0.05, 0) is 102 Å². The first-order chi connectivity index (χ1) is 15.7.